The minimum absolute atomic E-state index is 0.968. The molecule has 0 aliphatic rings. The molecule has 0 spiro atoms. The zero-order valence-electron chi connectivity index (χ0n) is 12.2. The molecule has 0 fully saturated rings. The fourth-order valence-corrected chi connectivity index (χ4v) is 3.85. The highest BCUT2D eigenvalue weighted by Crippen LogP contribution is 2.39. The third-order valence-corrected chi connectivity index (χ3v) is 5.07. The van der Waals surface area contributed by atoms with Gasteiger partial charge in [0.1, 0.15) is 0 Å². The van der Waals surface area contributed by atoms with E-state index in [1.165, 1.54) is 4.70 Å². The number of halogens is 1. The smallest absolute Gasteiger partial charge is 0.195 e. The molecule has 3 aromatic carbocycles. The molecule has 4 rings (SSSR count). The third kappa shape index (κ3) is 2.87. The minimum Gasteiger partial charge on any atom is -0.286 e. The second kappa shape index (κ2) is 6.14. The van der Waals surface area contributed by atoms with Gasteiger partial charge in [0.05, 0.1) is 10.2 Å². The zero-order chi connectivity index (χ0) is 15.6. The lowest BCUT2D eigenvalue weighted by Gasteiger charge is -2.21. The van der Waals surface area contributed by atoms with Crippen LogP contribution in [-0.4, -0.2) is 4.98 Å². The van der Waals surface area contributed by atoms with Gasteiger partial charge in [-0.1, -0.05) is 63.7 Å². The van der Waals surface area contributed by atoms with E-state index in [0.29, 0.717) is 0 Å². The van der Waals surface area contributed by atoms with Gasteiger partial charge in [-0.05, 0) is 42.5 Å². The molecular formula is C19H13BrN2S. The second-order valence-electron chi connectivity index (χ2n) is 5.11. The molecule has 4 aromatic rings. The Kier molecular flexibility index (Phi) is 3.85. The van der Waals surface area contributed by atoms with Crippen molar-refractivity contribution in [3.63, 3.8) is 0 Å². The lowest BCUT2D eigenvalue weighted by molar-refractivity contribution is 1.25. The lowest BCUT2D eigenvalue weighted by Crippen LogP contribution is -2.09. The van der Waals surface area contributed by atoms with Gasteiger partial charge in [-0.15, -0.1) is 0 Å². The Balaban J connectivity index is 1.90. The molecule has 0 atom stereocenters. The van der Waals surface area contributed by atoms with Crippen molar-refractivity contribution in [2.24, 2.45) is 0 Å². The average Bonchev–Trinajstić information content (AvgIpc) is 2.99. The second-order valence-corrected chi connectivity index (χ2v) is 7.04. The summed E-state index contributed by atoms with van der Waals surface area (Å²) in [6.45, 7) is 0. The number of aromatic nitrogens is 1. The molecular weight excluding hydrogens is 368 g/mol. The zero-order valence-corrected chi connectivity index (χ0v) is 14.6. The number of benzene rings is 3. The van der Waals surface area contributed by atoms with E-state index in [9.17, 15) is 0 Å². The molecule has 112 valence electrons. The van der Waals surface area contributed by atoms with Gasteiger partial charge in [0.2, 0.25) is 0 Å². The molecule has 2 nitrogen and oxygen atoms in total. The molecule has 0 saturated heterocycles. The van der Waals surface area contributed by atoms with Crippen molar-refractivity contribution in [2.45, 2.75) is 0 Å². The van der Waals surface area contributed by atoms with Crippen molar-refractivity contribution in [1.29, 1.82) is 0 Å². The van der Waals surface area contributed by atoms with Crippen molar-refractivity contribution in [3.8, 4) is 0 Å². The van der Waals surface area contributed by atoms with Gasteiger partial charge in [-0.25, -0.2) is 4.98 Å². The first-order valence-electron chi connectivity index (χ1n) is 7.27. The van der Waals surface area contributed by atoms with Crippen LogP contribution in [0.4, 0.5) is 16.5 Å². The quantitative estimate of drug-likeness (QED) is 0.401. The summed E-state index contributed by atoms with van der Waals surface area (Å²) in [5, 5.41) is 0.968. The molecule has 0 aliphatic carbocycles. The summed E-state index contributed by atoms with van der Waals surface area (Å²) in [6, 6.07) is 26.9. The Morgan fingerprint density at radius 2 is 1.39 bits per heavy atom. The minimum atomic E-state index is 0.968. The molecule has 0 aliphatic heterocycles. The highest BCUT2D eigenvalue weighted by Gasteiger charge is 2.16. The van der Waals surface area contributed by atoms with Crippen molar-refractivity contribution in [3.05, 3.63) is 83.3 Å². The molecule has 0 unspecified atom stereocenters. The normalized spacial score (nSPS) is 10.8. The van der Waals surface area contributed by atoms with E-state index in [1.807, 2.05) is 12.1 Å². The predicted octanol–water partition coefficient (Wildman–Crippen LogP) is 6.53. The average molecular weight is 381 g/mol. The maximum atomic E-state index is 4.84. The number of fused-ring (bicyclic) bond motifs is 1. The topological polar surface area (TPSA) is 16.1 Å². The van der Waals surface area contributed by atoms with Crippen molar-refractivity contribution < 1.29 is 0 Å². The number of nitrogens with zero attached hydrogens (tertiary/aromatic N) is 2. The Bertz CT molecular complexity index is 896. The third-order valence-electron chi connectivity index (χ3n) is 3.56. The van der Waals surface area contributed by atoms with Gasteiger partial charge in [0.25, 0.3) is 0 Å². The van der Waals surface area contributed by atoms with Crippen LogP contribution >= 0.6 is 27.3 Å². The van der Waals surface area contributed by atoms with Gasteiger partial charge in [0, 0.05) is 15.8 Å². The molecule has 0 amide bonds. The van der Waals surface area contributed by atoms with E-state index in [2.05, 4.69) is 87.6 Å². The van der Waals surface area contributed by atoms with Crippen LogP contribution in [-0.2, 0) is 0 Å². The lowest BCUT2D eigenvalue weighted by atomic mass is 10.2. The summed E-state index contributed by atoms with van der Waals surface area (Å²) in [7, 11) is 0. The Morgan fingerprint density at radius 3 is 2.00 bits per heavy atom. The fourth-order valence-electron chi connectivity index (χ4n) is 2.51. The largest absolute Gasteiger partial charge is 0.286 e. The highest BCUT2D eigenvalue weighted by atomic mass is 79.9. The van der Waals surface area contributed by atoms with Crippen LogP contribution in [0.1, 0.15) is 0 Å². The molecule has 0 saturated carbocycles. The molecule has 1 aromatic heterocycles. The summed E-state index contributed by atoms with van der Waals surface area (Å²) >= 11 is 5.22. The number of para-hydroxylation sites is 2. The summed E-state index contributed by atoms with van der Waals surface area (Å²) < 4.78 is 2.23. The number of hydrogen-bond acceptors (Lipinski definition) is 3. The van der Waals surface area contributed by atoms with Crippen LogP contribution in [0.25, 0.3) is 10.2 Å². The van der Waals surface area contributed by atoms with Gasteiger partial charge in [-0.2, -0.15) is 0 Å². The SMILES string of the molecule is Brc1ccc2sc(N(c3ccccc3)c3ccccc3)nc2c1. The number of rotatable bonds is 3. The van der Waals surface area contributed by atoms with E-state index in [1.54, 1.807) is 11.3 Å². The fraction of sp³-hybridized carbons (Fsp3) is 0. The molecule has 0 N–H and O–H groups in total. The Labute approximate surface area is 147 Å². The van der Waals surface area contributed by atoms with Crippen LogP contribution in [0.2, 0.25) is 0 Å². The summed E-state index contributed by atoms with van der Waals surface area (Å²) in [4.78, 5) is 7.03. The molecule has 0 bridgehead atoms. The molecule has 0 radical (unpaired) electrons. The van der Waals surface area contributed by atoms with Gasteiger partial charge in [-0.3, -0.25) is 4.90 Å². The maximum absolute atomic E-state index is 4.84. The van der Waals surface area contributed by atoms with E-state index >= 15 is 0 Å². The van der Waals surface area contributed by atoms with E-state index in [-0.39, 0.29) is 0 Å². The standard InChI is InChI=1S/C19H13BrN2S/c20-14-11-12-18-17(13-14)21-19(23-18)22(15-7-3-1-4-8-15)16-9-5-2-6-10-16/h1-13H. The van der Waals surface area contributed by atoms with Crippen LogP contribution < -0.4 is 4.90 Å². The van der Waals surface area contributed by atoms with Crippen LogP contribution in [0, 0.1) is 0 Å². The van der Waals surface area contributed by atoms with Crippen molar-refractivity contribution >= 4 is 54.0 Å². The molecule has 1 heterocycles. The number of thiazole rings is 1. The van der Waals surface area contributed by atoms with Gasteiger partial charge >= 0.3 is 0 Å². The van der Waals surface area contributed by atoms with Gasteiger partial charge in [0.15, 0.2) is 5.13 Å². The van der Waals surface area contributed by atoms with E-state index in [4.69, 9.17) is 4.98 Å². The molecule has 23 heavy (non-hydrogen) atoms. The van der Waals surface area contributed by atoms with Crippen LogP contribution in [0.3, 0.4) is 0 Å². The van der Waals surface area contributed by atoms with E-state index < -0.39 is 0 Å². The predicted molar refractivity (Wildman–Crippen MR) is 102 cm³/mol. The summed E-state index contributed by atoms with van der Waals surface area (Å²) in [5.41, 5.74) is 3.23. The van der Waals surface area contributed by atoms with E-state index in [0.717, 1.165) is 26.5 Å². The van der Waals surface area contributed by atoms with Crippen molar-refractivity contribution in [2.75, 3.05) is 4.90 Å². The Morgan fingerprint density at radius 1 is 0.783 bits per heavy atom. The highest BCUT2D eigenvalue weighted by molar-refractivity contribution is 9.10. The van der Waals surface area contributed by atoms with Gasteiger partial charge < -0.3 is 0 Å². The first-order valence-corrected chi connectivity index (χ1v) is 8.88. The molecule has 4 heteroatoms. The summed E-state index contributed by atoms with van der Waals surface area (Å²) in [5.74, 6) is 0. The Hall–Kier alpha value is -2.17. The monoisotopic (exact) mass is 380 g/mol. The van der Waals surface area contributed by atoms with Crippen LogP contribution in [0.15, 0.2) is 83.3 Å². The first-order chi connectivity index (χ1) is 11.3. The summed E-state index contributed by atoms with van der Waals surface area (Å²) in [6.07, 6.45) is 0. The first kappa shape index (κ1) is 14.4. The number of hydrogen-bond donors (Lipinski definition) is 0. The maximum Gasteiger partial charge on any atom is 0.195 e. The number of anilines is 3. The van der Waals surface area contributed by atoms with Crippen LogP contribution in [0.5, 0.6) is 0 Å². The van der Waals surface area contributed by atoms with Crippen molar-refractivity contribution in [1.82, 2.24) is 4.98 Å².